The zero-order valence-corrected chi connectivity index (χ0v) is 14.0. The van der Waals surface area contributed by atoms with Crippen LogP contribution in [-0.2, 0) is 0 Å². The van der Waals surface area contributed by atoms with Crippen LogP contribution in [0.1, 0.15) is 34.6 Å². The molecule has 0 heterocycles. The Morgan fingerprint density at radius 2 is 1.08 bits per heavy atom. The van der Waals surface area contributed by atoms with Gasteiger partial charge in [-0.15, -0.1) is 0 Å². The summed E-state index contributed by atoms with van der Waals surface area (Å²) >= 11 is 0. The van der Waals surface area contributed by atoms with Crippen molar-refractivity contribution >= 4 is 18.5 Å². The second-order valence-corrected chi connectivity index (χ2v) is 5.45. The standard InChI is InChI=1S/C17H22N8O/c18-15(19)13-5-1-11(2-6-13)9-22-24-17(26)25-23-10-12-3-7-14(8-4-12)16(20)21/h1-10,15-16H,18-21H2,(H2,24,25,26)/b22-9+,23-10+. The Morgan fingerprint density at radius 1 is 0.731 bits per heavy atom. The fourth-order valence-corrected chi connectivity index (χ4v) is 1.96. The van der Waals surface area contributed by atoms with E-state index in [2.05, 4.69) is 21.1 Å². The molecule has 0 atom stereocenters. The second kappa shape index (κ2) is 9.39. The maximum absolute atomic E-state index is 11.6. The Kier molecular flexibility index (Phi) is 6.94. The maximum Gasteiger partial charge on any atom is 0.355 e. The average Bonchev–Trinajstić information content (AvgIpc) is 2.62. The van der Waals surface area contributed by atoms with Gasteiger partial charge in [0.25, 0.3) is 0 Å². The number of hydrogen-bond acceptors (Lipinski definition) is 7. The van der Waals surface area contributed by atoms with Crippen molar-refractivity contribution in [3.8, 4) is 0 Å². The topological polar surface area (TPSA) is 170 Å². The van der Waals surface area contributed by atoms with Crippen molar-refractivity contribution in [2.24, 2.45) is 33.1 Å². The van der Waals surface area contributed by atoms with E-state index in [0.29, 0.717) is 0 Å². The molecule has 0 aromatic heterocycles. The van der Waals surface area contributed by atoms with E-state index < -0.39 is 18.4 Å². The molecule has 9 heteroatoms. The van der Waals surface area contributed by atoms with E-state index in [4.69, 9.17) is 22.9 Å². The number of nitrogens with zero attached hydrogens (tertiary/aromatic N) is 2. The smallest absolute Gasteiger partial charge is 0.312 e. The molecule has 0 aliphatic heterocycles. The van der Waals surface area contributed by atoms with E-state index in [9.17, 15) is 4.79 Å². The molecule has 0 radical (unpaired) electrons. The van der Waals surface area contributed by atoms with Crippen LogP contribution >= 0.6 is 0 Å². The van der Waals surface area contributed by atoms with Gasteiger partial charge in [-0.2, -0.15) is 10.2 Å². The lowest BCUT2D eigenvalue weighted by Crippen LogP contribution is -2.28. The summed E-state index contributed by atoms with van der Waals surface area (Å²) in [6.07, 6.45) is 1.94. The van der Waals surface area contributed by atoms with Gasteiger partial charge in [-0.3, -0.25) is 0 Å². The van der Waals surface area contributed by atoms with Crippen molar-refractivity contribution in [2.45, 2.75) is 12.3 Å². The molecule has 0 saturated heterocycles. The number of benzene rings is 2. The van der Waals surface area contributed by atoms with Gasteiger partial charge >= 0.3 is 6.03 Å². The first kappa shape index (κ1) is 19.2. The van der Waals surface area contributed by atoms with Gasteiger partial charge in [-0.05, 0) is 22.3 Å². The lowest BCUT2D eigenvalue weighted by Gasteiger charge is -2.05. The van der Waals surface area contributed by atoms with Crippen LogP contribution in [0, 0.1) is 0 Å². The molecule has 0 aliphatic rings. The van der Waals surface area contributed by atoms with Gasteiger partial charge in [0.15, 0.2) is 0 Å². The molecule has 2 rings (SSSR count). The number of amides is 2. The Labute approximate surface area is 151 Å². The third-order valence-corrected chi connectivity index (χ3v) is 3.40. The monoisotopic (exact) mass is 354 g/mol. The van der Waals surface area contributed by atoms with Crippen LogP contribution in [0.2, 0.25) is 0 Å². The lowest BCUT2D eigenvalue weighted by molar-refractivity contribution is 0.242. The van der Waals surface area contributed by atoms with Crippen molar-refractivity contribution in [1.82, 2.24) is 10.9 Å². The van der Waals surface area contributed by atoms with Crippen LogP contribution in [0.25, 0.3) is 0 Å². The number of rotatable bonds is 6. The minimum absolute atomic E-state index is 0.522. The van der Waals surface area contributed by atoms with Crippen LogP contribution in [-0.4, -0.2) is 18.5 Å². The second-order valence-electron chi connectivity index (χ2n) is 5.45. The van der Waals surface area contributed by atoms with Crippen molar-refractivity contribution in [2.75, 3.05) is 0 Å². The summed E-state index contributed by atoms with van der Waals surface area (Å²) in [4.78, 5) is 11.6. The summed E-state index contributed by atoms with van der Waals surface area (Å²) in [5, 5.41) is 7.64. The van der Waals surface area contributed by atoms with E-state index in [1.807, 2.05) is 0 Å². The molecule has 2 amide bonds. The van der Waals surface area contributed by atoms with Gasteiger partial charge in [0.2, 0.25) is 0 Å². The van der Waals surface area contributed by atoms with E-state index in [0.717, 1.165) is 22.3 Å². The fourth-order valence-electron chi connectivity index (χ4n) is 1.96. The SMILES string of the molecule is NC(N)c1ccc(/C=N/NC(=O)N/N=C/c2ccc(C(N)N)cc2)cc1. The molecule has 0 fully saturated rings. The van der Waals surface area contributed by atoms with Gasteiger partial charge in [-0.25, -0.2) is 15.6 Å². The number of nitrogens with two attached hydrogens (primary N) is 4. The molecule has 0 spiro atoms. The molecule has 0 unspecified atom stereocenters. The highest BCUT2D eigenvalue weighted by molar-refractivity contribution is 5.83. The zero-order valence-electron chi connectivity index (χ0n) is 14.0. The van der Waals surface area contributed by atoms with Crippen molar-refractivity contribution < 1.29 is 4.79 Å². The maximum atomic E-state index is 11.6. The molecule has 136 valence electrons. The summed E-state index contributed by atoms with van der Waals surface area (Å²) < 4.78 is 0. The Bertz CT molecular complexity index is 701. The number of nitrogens with one attached hydrogen (secondary N) is 2. The van der Waals surface area contributed by atoms with Crippen LogP contribution in [0.4, 0.5) is 4.79 Å². The largest absolute Gasteiger partial charge is 0.355 e. The molecule has 0 saturated carbocycles. The number of carbonyl (C=O) groups is 1. The average molecular weight is 354 g/mol. The highest BCUT2D eigenvalue weighted by atomic mass is 16.2. The Balaban J connectivity index is 1.79. The molecule has 10 N–H and O–H groups in total. The lowest BCUT2D eigenvalue weighted by atomic mass is 10.1. The summed E-state index contributed by atoms with van der Waals surface area (Å²) in [5.74, 6) is 0. The van der Waals surface area contributed by atoms with E-state index in [1.165, 1.54) is 12.4 Å². The summed E-state index contributed by atoms with van der Waals surface area (Å²) in [5.41, 5.74) is 30.1. The Hall–Kier alpha value is -3.11. The first-order valence-corrected chi connectivity index (χ1v) is 7.80. The third kappa shape index (κ3) is 6.07. The highest BCUT2D eigenvalue weighted by Crippen LogP contribution is 2.07. The molecule has 0 aliphatic carbocycles. The normalized spacial score (nSPS) is 11.6. The number of urea groups is 1. The van der Waals surface area contributed by atoms with Crippen molar-refractivity contribution in [1.29, 1.82) is 0 Å². The van der Waals surface area contributed by atoms with Crippen molar-refractivity contribution in [3.05, 3.63) is 70.8 Å². The third-order valence-electron chi connectivity index (χ3n) is 3.40. The van der Waals surface area contributed by atoms with Crippen LogP contribution in [0.15, 0.2) is 58.7 Å². The fraction of sp³-hybridized carbons (Fsp3) is 0.118. The predicted molar refractivity (Wildman–Crippen MR) is 102 cm³/mol. The molecule has 2 aromatic carbocycles. The molecule has 0 bridgehead atoms. The number of hydrogen-bond donors (Lipinski definition) is 6. The van der Waals surface area contributed by atoms with Crippen LogP contribution < -0.4 is 33.8 Å². The predicted octanol–water partition coefficient (Wildman–Crippen LogP) is 0.186. The Morgan fingerprint density at radius 3 is 1.38 bits per heavy atom. The molecular formula is C17H22N8O. The minimum Gasteiger partial charge on any atom is -0.312 e. The van der Waals surface area contributed by atoms with Gasteiger partial charge in [0, 0.05) is 0 Å². The van der Waals surface area contributed by atoms with E-state index in [1.54, 1.807) is 48.5 Å². The summed E-state index contributed by atoms with van der Waals surface area (Å²) in [6.45, 7) is 0. The first-order chi connectivity index (χ1) is 12.5. The van der Waals surface area contributed by atoms with E-state index >= 15 is 0 Å². The van der Waals surface area contributed by atoms with Gasteiger partial charge in [-0.1, -0.05) is 48.5 Å². The molecular weight excluding hydrogens is 332 g/mol. The van der Waals surface area contributed by atoms with Crippen LogP contribution in [0.3, 0.4) is 0 Å². The molecule has 9 nitrogen and oxygen atoms in total. The van der Waals surface area contributed by atoms with Gasteiger partial charge in [0.1, 0.15) is 0 Å². The zero-order chi connectivity index (χ0) is 18.9. The van der Waals surface area contributed by atoms with Crippen LogP contribution in [0.5, 0.6) is 0 Å². The van der Waals surface area contributed by atoms with Gasteiger partial charge in [0.05, 0.1) is 24.8 Å². The first-order valence-electron chi connectivity index (χ1n) is 7.80. The minimum atomic E-state index is -0.571. The number of hydrazone groups is 2. The number of carbonyl (C=O) groups excluding carboxylic acids is 1. The van der Waals surface area contributed by atoms with Gasteiger partial charge < -0.3 is 22.9 Å². The quantitative estimate of drug-likeness (QED) is 0.246. The molecule has 2 aromatic rings. The molecule has 26 heavy (non-hydrogen) atoms. The van der Waals surface area contributed by atoms with Crippen molar-refractivity contribution in [3.63, 3.8) is 0 Å². The van der Waals surface area contributed by atoms with E-state index in [-0.39, 0.29) is 0 Å². The summed E-state index contributed by atoms with van der Waals surface area (Å²) in [7, 11) is 0. The highest BCUT2D eigenvalue weighted by Gasteiger charge is 1.99. The summed E-state index contributed by atoms with van der Waals surface area (Å²) in [6, 6.07) is 13.8.